The van der Waals surface area contributed by atoms with Gasteiger partial charge in [0.15, 0.2) is 0 Å². The van der Waals surface area contributed by atoms with Gasteiger partial charge in [-0.05, 0) is 28.7 Å². The number of nitrogens with one attached hydrogen (secondary N) is 1. The lowest BCUT2D eigenvalue weighted by atomic mass is 9.98. The van der Waals surface area contributed by atoms with Gasteiger partial charge in [-0.2, -0.15) is 0 Å². The van der Waals surface area contributed by atoms with E-state index in [1.54, 1.807) is 0 Å². The zero-order chi connectivity index (χ0) is 17.2. The van der Waals surface area contributed by atoms with E-state index >= 15 is 0 Å². The van der Waals surface area contributed by atoms with E-state index in [1.807, 2.05) is 24.3 Å². The van der Waals surface area contributed by atoms with Crippen molar-refractivity contribution in [3.8, 4) is 11.1 Å². The Labute approximate surface area is 146 Å². The molecule has 128 valence electrons. The highest BCUT2D eigenvalue weighted by Gasteiger charge is 2.30. The molecule has 0 unspecified atom stereocenters. The Morgan fingerprint density at radius 3 is 2.40 bits per heavy atom. The number of hydrogen-bond acceptors (Lipinski definition) is 3. The summed E-state index contributed by atoms with van der Waals surface area (Å²) in [5, 5.41) is 2.76. The monoisotopic (exact) mass is 336 g/mol. The van der Waals surface area contributed by atoms with Crippen LogP contribution in [0.5, 0.6) is 0 Å². The van der Waals surface area contributed by atoms with Crippen LogP contribution in [-0.4, -0.2) is 43.1 Å². The van der Waals surface area contributed by atoms with Crippen molar-refractivity contribution in [2.24, 2.45) is 0 Å². The molecular weight excluding hydrogens is 316 g/mol. The smallest absolute Gasteiger partial charge is 0.410 e. The summed E-state index contributed by atoms with van der Waals surface area (Å²) in [7, 11) is 0. The molecule has 2 aliphatic rings. The molecule has 1 aliphatic heterocycles. The Morgan fingerprint density at radius 1 is 1.08 bits per heavy atom. The molecule has 4 rings (SSSR count). The third-order valence-electron chi connectivity index (χ3n) is 4.86. The molecule has 1 saturated heterocycles. The minimum atomic E-state index is -0.418. The maximum absolute atomic E-state index is 12.4. The van der Waals surface area contributed by atoms with Crippen LogP contribution in [0.2, 0.25) is 0 Å². The summed E-state index contributed by atoms with van der Waals surface area (Å²) in [5.41, 5.74) is 4.77. The standard InChI is InChI=1S/C20H20N2O3/c23-19-12-22(11-5-10-21-19)20(24)25-13-18-16-8-3-1-6-14(16)15-7-2-4-9-17(15)18/h1-4,6-9,18H,5,10-13H2,(H,21,23). The number of ether oxygens (including phenoxy) is 1. The van der Waals surface area contributed by atoms with Crippen LogP contribution in [0.1, 0.15) is 23.5 Å². The van der Waals surface area contributed by atoms with Gasteiger partial charge in [-0.25, -0.2) is 4.79 Å². The highest BCUT2D eigenvalue weighted by molar-refractivity contribution is 5.83. The molecule has 2 aromatic rings. The van der Waals surface area contributed by atoms with E-state index in [1.165, 1.54) is 27.2 Å². The van der Waals surface area contributed by atoms with Gasteiger partial charge >= 0.3 is 6.09 Å². The first-order valence-corrected chi connectivity index (χ1v) is 8.60. The van der Waals surface area contributed by atoms with Gasteiger partial charge in [0.2, 0.25) is 5.91 Å². The van der Waals surface area contributed by atoms with Crippen molar-refractivity contribution >= 4 is 12.0 Å². The van der Waals surface area contributed by atoms with E-state index in [0.717, 1.165) is 6.42 Å². The van der Waals surface area contributed by atoms with E-state index in [-0.39, 0.29) is 25.0 Å². The molecule has 0 saturated carbocycles. The first kappa shape index (κ1) is 15.7. The Balaban J connectivity index is 1.51. The molecule has 5 nitrogen and oxygen atoms in total. The van der Waals surface area contributed by atoms with Gasteiger partial charge in [0.25, 0.3) is 0 Å². The number of fused-ring (bicyclic) bond motifs is 3. The van der Waals surface area contributed by atoms with Crippen molar-refractivity contribution in [1.29, 1.82) is 0 Å². The van der Waals surface area contributed by atoms with Crippen LogP contribution in [0, 0.1) is 0 Å². The number of carbonyl (C=O) groups is 2. The first-order valence-electron chi connectivity index (χ1n) is 8.60. The van der Waals surface area contributed by atoms with Gasteiger partial charge in [0.1, 0.15) is 13.2 Å². The van der Waals surface area contributed by atoms with Crippen molar-refractivity contribution in [3.63, 3.8) is 0 Å². The van der Waals surface area contributed by atoms with Crippen LogP contribution in [0.3, 0.4) is 0 Å². The molecule has 1 aliphatic carbocycles. The van der Waals surface area contributed by atoms with Crippen molar-refractivity contribution in [2.75, 3.05) is 26.2 Å². The zero-order valence-corrected chi connectivity index (χ0v) is 13.9. The van der Waals surface area contributed by atoms with Gasteiger partial charge in [0.05, 0.1) is 0 Å². The minimum Gasteiger partial charge on any atom is -0.448 e. The van der Waals surface area contributed by atoms with Crippen LogP contribution >= 0.6 is 0 Å². The Morgan fingerprint density at radius 2 is 1.72 bits per heavy atom. The number of nitrogens with zero attached hydrogens (tertiary/aromatic N) is 1. The van der Waals surface area contributed by atoms with Crippen molar-refractivity contribution in [3.05, 3.63) is 59.7 Å². The molecule has 0 spiro atoms. The second kappa shape index (κ2) is 6.59. The number of carbonyl (C=O) groups excluding carboxylic acids is 2. The van der Waals surface area contributed by atoms with Crippen LogP contribution in [0.25, 0.3) is 11.1 Å². The summed E-state index contributed by atoms with van der Waals surface area (Å²) >= 11 is 0. The lowest BCUT2D eigenvalue weighted by molar-refractivity contribution is -0.121. The van der Waals surface area contributed by atoms with Gasteiger partial charge in [-0.1, -0.05) is 48.5 Å². The summed E-state index contributed by atoms with van der Waals surface area (Å²) in [6.07, 6.45) is 0.328. The lowest BCUT2D eigenvalue weighted by Gasteiger charge is -2.20. The van der Waals surface area contributed by atoms with E-state index in [0.29, 0.717) is 13.1 Å². The molecule has 2 aromatic carbocycles. The quantitative estimate of drug-likeness (QED) is 0.917. The van der Waals surface area contributed by atoms with Gasteiger partial charge in [-0.15, -0.1) is 0 Å². The molecule has 25 heavy (non-hydrogen) atoms. The SMILES string of the molecule is O=C1CN(C(=O)OCC2c3ccccc3-c3ccccc32)CCCN1. The molecule has 2 amide bonds. The van der Waals surface area contributed by atoms with Gasteiger partial charge in [0, 0.05) is 19.0 Å². The fourth-order valence-corrected chi connectivity index (χ4v) is 3.65. The summed E-state index contributed by atoms with van der Waals surface area (Å²) in [5.74, 6) is -0.0943. The average molecular weight is 336 g/mol. The highest BCUT2D eigenvalue weighted by atomic mass is 16.6. The van der Waals surface area contributed by atoms with Gasteiger partial charge in [-0.3, -0.25) is 9.69 Å². The topological polar surface area (TPSA) is 58.6 Å². The largest absolute Gasteiger partial charge is 0.448 e. The summed E-state index contributed by atoms with van der Waals surface area (Å²) in [6, 6.07) is 16.5. The van der Waals surface area contributed by atoms with E-state index in [9.17, 15) is 9.59 Å². The van der Waals surface area contributed by atoms with Crippen LogP contribution in [0.15, 0.2) is 48.5 Å². The molecule has 0 bridgehead atoms. The number of amides is 2. The predicted molar refractivity (Wildman–Crippen MR) is 94.3 cm³/mol. The molecule has 0 aromatic heterocycles. The van der Waals surface area contributed by atoms with E-state index in [4.69, 9.17) is 4.74 Å². The number of benzene rings is 2. The lowest BCUT2D eigenvalue weighted by Crippen LogP contribution is -2.38. The maximum Gasteiger partial charge on any atom is 0.410 e. The molecule has 1 fully saturated rings. The van der Waals surface area contributed by atoms with Crippen LogP contribution in [-0.2, 0) is 9.53 Å². The molecule has 5 heteroatoms. The summed E-state index contributed by atoms with van der Waals surface area (Å²) in [6.45, 7) is 1.49. The Bertz CT molecular complexity index is 773. The predicted octanol–water partition coefficient (Wildman–Crippen LogP) is 2.76. The maximum atomic E-state index is 12.4. The number of hydrogen-bond donors (Lipinski definition) is 1. The molecule has 0 radical (unpaired) electrons. The molecular formula is C20H20N2O3. The van der Waals surface area contributed by atoms with Crippen LogP contribution < -0.4 is 5.32 Å². The van der Waals surface area contributed by atoms with E-state index in [2.05, 4.69) is 29.6 Å². The summed E-state index contributed by atoms with van der Waals surface area (Å²) < 4.78 is 5.59. The van der Waals surface area contributed by atoms with Gasteiger partial charge < -0.3 is 10.1 Å². The summed E-state index contributed by atoms with van der Waals surface area (Å²) in [4.78, 5) is 25.5. The van der Waals surface area contributed by atoms with Crippen molar-refractivity contribution in [1.82, 2.24) is 10.2 Å². The second-order valence-electron chi connectivity index (χ2n) is 6.43. The fraction of sp³-hybridized carbons (Fsp3) is 0.300. The van der Waals surface area contributed by atoms with E-state index < -0.39 is 6.09 Å². The third-order valence-corrected chi connectivity index (χ3v) is 4.86. The molecule has 1 heterocycles. The van der Waals surface area contributed by atoms with Crippen molar-refractivity contribution in [2.45, 2.75) is 12.3 Å². The zero-order valence-electron chi connectivity index (χ0n) is 13.9. The molecule has 1 N–H and O–H groups in total. The normalized spacial score (nSPS) is 16.6. The average Bonchev–Trinajstić information content (AvgIpc) is 2.78. The fourth-order valence-electron chi connectivity index (χ4n) is 3.65. The minimum absolute atomic E-state index is 0.0390. The number of rotatable bonds is 2. The first-order chi connectivity index (χ1) is 12.2. The third kappa shape index (κ3) is 2.97. The Kier molecular flexibility index (Phi) is 4.14. The molecule has 0 atom stereocenters. The second-order valence-corrected chi connectivity index (χ2v) is 6.43. The Hall–Kier alpha value is -2.82. The van der Waals surface area contributed by atoms with Crippen LogP contribution in [0.4, 0.5) is 4.79 Å². The highest BCUT2D eigenvalue weighted by Crippen LogP contribution is 2.44. The van der Waals surface area contributed by atoms with Crippen molar-refractivity contribution < 1.29 is 14.3 Å².